The maximum absolute atomic E-state index is 12.3. The molecule has 0 unspecified atom stereocenters. The van der Waals surface area contributed by atoms with Gasteiger partial charge in [0.1, 0.15) is 5.65 Å². The first-order valence-electron chi connectivity index (χ1n) is 8.17. The molecule has 9 nitrogen and oxygen atoms in total. The van der Waals surface area contributed by atoms with Gasteiger partial charge in [-0.05, 0) is 32.0 Å². The second kappa shape index (κ2) is 7.65. The summed E-state index contributed by atoms with van der Waals surface area (Å²) in [7, 11) is 0. The Bertz CT molecular complexity index is 1090. The zero-order chi connectivity index (χ0) is 20.4. The monoisotopic (exact) mass is 402 g/mol. The highest BCUT2D eigenvalue weighted by atomic mass is 35.5. The molecule has 2 heterocycles. The highest BCUT2D eigenvalue weighted by Gasteiger charge is 2.22. The topological polar surface area (TPSA) is 116 Å². The quantitative estimate of drug-likeness (QED) is 0.397. The molecule has 1 amide bonds. The molecule has 0 fully saturated rings. The van der Waals surface area contributed by atoms with Crippen LogP contribution in [0.2, 0.25) is 5.02 Å². The molecule has 144 valence electrons. The van der Waals surface area contributed by atoms with Crippen LogP contribution in [0.3, 0.4) is 0 Å². The van der Waals surface area contributed by atoms with Crippen molar-refractivity contribution in [2.24, 2.45) is 0 Å². The summed E-state index contributed by atoms with van der Waals surface area (Å²) in [6.07, 6.45) is 0.398. The van der Waals surface area contributed by atoms with Crippen LogP contribution in [-0.2, 0) is 9.53 Å². The predicted molar refractivity (Wildman–Crippen MR) is 102 cm³/mol. The van der Waals surface area contributed by atoms with E-state index >= 15 is 0 Å². The van der Waals surface area contributed by atoms with Crippen LogP contribution >= 0.6 is 11.6 Å². The number of aromatic nitrogens is 2. The average Bonchev–Trinajstić information content (AvgIpc) is 3.09. The van der Waals surface area contributed by atoms with Crippen molar-refractivity contribution in [3.05, 3.63) is 69.1 Å². The second-order valence-electron chi connectivity index (χ2n) is 5.98. The Labute approximate surface area is 164 Å². The van der Waals surface area contributed by atoms with Gasteiger partial charge in [0.2, 0.25) is 0 Å². The Morgan fingerprint density at radius 3 is 2.71 bits per heavy atom. The van der Waals surface area contributed by atoms with Crippen molar-refractivity contribution in [3.63, 3.8) is 0 Å². The minimum absolute atomic E-state index is 0.00287. The van der Waals surface area contributed by atoms with Crippen LogP contribution < -0.4 is 5.32 Å². The summed E-state index contributed by atoms with van der Waals surface area (Å²) in [6.45, 7) is 3.27. The first-order chi connectivity index (χ1) is 13.3. The van der Waals surface area contributed by atoms with Crippen LogP contribution in [0, 0.1) is 17.0 Å². The van der Waals surface area contributed by atoms with E-state index in [0.717, 1.165) is 11.8 Å². The number of hydrogen-bond acceptors (Lipinski definition) is 6. The number of hydrogen-bond donors (Lipinski definition) is 1. The van der Waals surface area contributed by atoms with Gasteiger partial charge in [0.05, 0.1) is 15.6 Å². The van der Waals surface area contributed by atoms with Gasteiger partial charge in [-0.3, -0.25) is 14.9 Å². The molecular weight excluding hydrogens is 388 g/mol. The van der Waals surface area contributed by atoms with Crippen LogP contribution in [0.5, 0.6) is 0 Å². The largest absolute Gasteiger partial charge is 0.448 e. The highest BCUT2D eigenvalue weighted by Crippen LogP contribution is 2.26. The van der Waals surface area contributed by atoms with Gasteiger partial charge in [-0.15, -0.1) is 0 Å². The maximum atomic E-state index is 12.3. The van der Waals surface area contributed by atoms with Crippen molar-refractivity contribution in [2.45, 2.75) is 20.0 Å². The van der Waals surface area contributed by atoms with Gasteiger partial charge in [-0.1, -0.05) is 17.7 Å². The zero-order valence-corrected chi connectivity index (χ0v) is 15.6. The summed E-state index contributed by atoms with van der Waals surface area (Å²) in [5.74, 6) is -1.38. The fourth-order valence-corrected chi connectivity index (χ4v) is 2.70. The van der Waals surface area contributed by atoms with E-state index in [1.54, 1.807) is 10.5 Å². The molecule has 1 atom stereocenters. The third-order valence-corrected chi connectivity index (χ3v) is 4.29. The lowest BCUT2D eigenvalue weighted by atomic mass is 10.2. The molecule has 2 aromatic heterocycles. The summed E-state index contributed by atoms with van der Waals surface area (Å²) in [4.78, 5) is 38.9. The van der Waals surface area contributed by atoms with Crippen LogP contribution in [0.1, 0.15) is 23.1 Å². The van der Waals surface area contributed by atoms with Crippen molar-refractivity contribution >= 4 is 40.5 Å². The number of ether oxygens (including phenoxy) is 1. The second-order valence-corrected chi connectivity index (χ2v) is 6.39. The van der Waals surface area contributed by atoms with Crippen molar-refractivity contribution in [2.75, 3.05) is 5.32 Å². The number of nitro groups is 1. The first kappa shape index (κ1) is 19.3. The van der Waals surface area contributed by atoms with E-state index < -0.39 is 22.9 Å². The molecule has 0 saturated carbocycles. The molecular formula is C18H15ClN4O5. The van der Waals surface area contributed by atoms with Crippen LogP contribution in [0.25, 0.3) is 5.65 Å². The van der Waals surface area contributed by atoms with Crippen LogP contribution in [-0.4, -0.2) is 32.3 Å². The van der Waals surface area contributed by atoms with Crippen LogP contribution in [0.4, 0.5) is 11.4 Å². The Kier molecular flexibility index (Phi) is 5.27. The number of carbonyl (C=O) groups is 2. The summed E-state index contributed by atoms with van der Waals surface area (Å²) in [5, 5.41) is 13.2. The molecule has 3 rings (SSSR count). The van der Waals surface area contributed by atoms with Crippen molar-refractivity contribution in [1.82, 2.24) is 9.38 Å². The normalized spacial score (nSPS) is 11.8. The Morgan fingerprint density at radius 2 is 2.07 bits per heavy atom. The number of nitro benzene ring substituents is 1. The number of non-ortho nitro benzene ring substituents is 1. The predicted octanol–water partition coefficient (Wildman–Crippen LogP) is 3.39. The molecule has 0 bridgehead atoms. The number of esters is 1. The number of amides is 1. The lowest BCUT2D eigenvalue weighted by molar-refractivity contribution is -0.384. The van der Waals surface area contributed by atoms with E-state index in [-0.39, 0.29) is 22.1 Å². The minimum atomic E-state index is -1.13. The molecule has 0 saturated heterocycles. The Hall–Kier alpha value is -3.46. The number of aryl methyl sites for hydroxylation is 1. The van der Waals surface area contributed by atoms with E-state index in [0.29, 0.717) is 5.65 Å². The third-order valence-electron chi connectivity index (χ3n) is 3.98. The van der Waals surface area contributed by atoms with E-state index in [4.69, 9.17) is 16.3 Å². The molecule has 0 spiro atoms. The minimum Gasteiger partial charge on any atom is -0.448 e. The number of pyridine rings is 1. The van der Waals surface area contributed by atoms with E-state index in [1.165, 1.54) is 25.3 Å². The Balaban J connectivity index is 1.68. The molecule has 0 aliphatic heterocycles. The molecule has 0 aliphatic carbocycles. The summed E-state index contributed by atoms with van der Waals surface area (Å²) < 4.78 is 6.90. The number of anilines is 1. The fourth-order valence-electron chi connectivity index (χ4n) is 2.47. The summed E-state index contributed by atoms with van der Waals surface area (Å²) >= 11 is 5.94. The molecule has 28 heavy (non-hydrogen) atoms. The van der Waals surface area contributed by atoms with Gasteiger partial charge < -0.3 is 14.5 Å². The van der Waals surface area contributed by atoms with Gasteiger partial charge in [-0.2, -0.15) is 0 Å². The van der Waals surface area contributed by atoms with Gasteiger partial charge in [0.15, 0.2) is 11.8 Å². The average molecular weight is 403 g/mol. The number of nitrogens with zero attached hydrogens (tertiary/aromatic N) is 3. The zero-order valence-electron chi connectivity index (χ0n) is 14.9. The number of benzene rings is 1. The molecule has 0 aliphatic rings. The number of rotatable bonds is 5. The van der Waals surface area contributed by atoms with Gasteiger partial charge in [0.25, 0.3) is 11.6 Å². The van der Waals surface area contributed by atoms with Crippen LogP contribution in [0.15, 0.2) is 42.6 Å². The number of fused-ring (bicyclic) bond motifs is 1. The molecule has 1 N–H and O–H groups in total. The molecule has 1 aromatic carbocycles. The van der Waals surface area contributed by atoms with E-state index in [2.05, 4.69) is 10.3 Å². The standard InChI is InChI=1S/C18H15ClN4O5/c1-10-4-3-5-16-20-15(9-22(10)16)18(25)28-11(2)17(24)21-14-7-6-12(23(26)27)8-13(14)19/h3-9,11H,1-2H3,(H,21,24)/t11-/m1/s1. The van der Waals surface area contributed by atoms with Crippen molar-refractivity contribution in [1.29, 1.82) is 0 Å². The first-order valence-corrected chi connectivity index (χ1v) is 8.54. The van der Waals surface area contributed by atoms with Gasteiger partial charge in [0, 0.05) is 24.0 Å². The van der Waals surface area contributed by atoms with Crippen molar-refractivity contribution in [3.8, 4) is 0 Å². The van der Waals surface area contributed by atoms with E-state index in [1.807, 2.05) is 19.1 Å². The number of halogens is 1. The van der Waals surface area contributed by atoms with Crippen molar-refractivity contribution < 1.29 is 19.2 Å². The summed E-state index contributed by atoms with van der Waals surface area (Å²) in [5.41, 5.74) is 1.51. The number of carbonyl (C=O) groups excluding carboxylic acids is 2. The van der Waals surface area contributed by atoms with Gasteiger partial charge >= 0.3 is 5.97 Å². The third kappa shape index (κ3) is 3.94. The highest BCUT2D eigenvalue weighted by molar-refractivity contribution is 6.34. The molecule has 10 heteroatoms. The van der Waals surface area contributed by atoms with Gasteiger partial charge in [-0.25, -0.2) is 9.78 Å². The van der Waals surface area contributed by atoms with E-state index in [9.17, 15) is 19.7 Å². The number of nitrogens with one attached hydrogen (secondary N) is 1. The lowest BCUT2D eigenvalue weighted by Crippen LogP contribution is -2.30. The summed E-state index contributed by atoms with van der Waals surface area (Å²) in [6, 6.07) is 9.06. The molecule has 0 radical (unpaired) electrons. The maximum Gasteiger partial charge on any atom is 0.359 e. The fraction of sp³-hybridized carbons (Fsp3) is 0.167. The number of imidazole rings is 1. The smallest absolute Gasteiger partial charge is 0.359 e. The Morgan fingerprint density at radius 1 is 1.32 bits per heavy atom. The molecule has 3 aromatic rings. The lowest BCUT2D eigenvalue weighted by Gasteiger charge is -2.13. The SMILES string of the molecule is Cc1cccc2nc(C(=O)O[C@H](C)C(=O)Nc3ccc([N+](=O)[O-])cc3Cl)cn12.